The van der Waals surface area contributed by atoms with Crippen LogP contribution in [0.1, 0.15) is 12.0 Å². The highest BCUT2D eigenvalue weighted by Crippen LogP contribution is 2.30. The molecular formula is C16H15F2NO2. The summed E-state index contributed by atoms with van der Waals surface area (Å²) in [6.07, 6.45) is 0.852. The zero-order valence-corrected chi connectivity index (χ0v) is 11.4. The molecule has 0 atom stereocenters. The molecule has 2 aromatic carbocycles. The van der Waals surface area contributed by atoms with E-state index in [2.05, 4.69) is 5.32 Å². The topological polar surface area (TPSA) is 30.5 Å². The Morgan fingerprint density at radius 2 is 1.62 bits per heavy atom. The average molecular weight is 291 g/mol. The summed E-state index contributed by atoms with van der Waals surface area (Å²) in [4.78, 5) is 0. The number of fused-ring (bicyclic) bond motifs is 1. The van der Waals surface area contributed by atoms with Gasteiger partial charge >= 0.3 is 0 Å². The molecule has 0 fully saturated rings. The lowest BCUT2D eigenvalue weighted by atomic mass is 10.2. The summed E-state index contributed by atoms with van der Waals surface area (Å²) in [5, 5.41) is 2.99. The van der Waals surface area contributed by atoms with Gasteiger partial charge in [0.15, 0.2) is 11.5 Å². The predicted molar refractivity (Wildman–Crippen MR) is 75.7 cm³/mol. The van der Waals surface area contributed by atoms with Gasteiger partial charge in [0.2, 0.25) is 0 Å². The van der Waals surface area contributed by atoms with Gasteiger partial charge in [-0.1, -0.05) is 6.07 Å². The second-order valence-corrected chi connectivity index (χ2v) is 4.84. The Labute approximate surface area is 121 Å². The van der Waals surface area contributed by atoms with E-state index in [-0.39, 0.29) is 0 Å². The standard InChI is InChI=1S/C16H15F2NO2/c17-12-7-13(18)9-14(8-12)19-10-11-2-3-15-16(6-11)21-5-1-4-20-15/h2-3,6-9,19H,1,4-5,10H2. The quantitative estimate of drug-likeness (QED) is 0.934. The van der Waals surface area contributed by atoms with Gasteiger partial charge < -0.3 is 14.8 Å². The van der Waals surface area contributed by atoms with Gasteiger partial charge in [-0.25, -0.2) is 8.78 Å². The smallest absolute Gasteiger partial charge is 0.161 e. The van der Waals surface area contributed by atoms with Crippen molar-refractivity contribution in [3.63, 3.8) is 0 Å². The van der Waals surface area contributed by atoms with Crippen LogP contribution in [0.4, 0.5) is 14.5 Å². The van der Waals surface area contributed by atoms with Crippen LogP contribution in [0.2, 0.25) is 0 Å². The van der Waals surface area contributed by atoms with Crippen LogP contribution in [-0.2, 0) is 6.54 Å². The number of rotatable bonds is 3. The maximum Gasteiger partial charge on any atom is 0.161 e. The first-order chi connectivity index (χ1) is 10.2. The number of hydrogen-bond acceptors (Lipinski definition) is 3. The monoisotopic (exact) mass is 291 g/mol. The number of ether oxygens (including phenoxy) is 2. The second kappa shape index (κ2) is 5.99. The molecule has 21 heavy (non-hydrogen) atoms. The van der Waals surface area contributed by atoms with E-state index in [4.69, 9.17) is 9.47 Å². The Bertz CT molecular complexity index is 626. The van der Waals surface area contributed by atoms with E-state index in [1.54, 1.807) is 0 Å². The molecule has 2 aromatic rings. The van der Waals surface area contributed by atoms with E-state index in [1.165, 1.54) is 12.1 Å². The van der Waals surface area contributed by atoms with Crippen molar-refractivity contribution >= 4 is 5.69 Å². The third-order valence-corrected chi connectivity index (χ3v) is 3.17. The minimum atomic E-state index is -0.601. The molecule has 3 nitrogen and oxygen atoms in total. The fourth-order valence-electron chi connectivity index (χ4n) is 2.18. The first-order valence-corrected chi connectivity index (χ1v) is 6.79. The van der Waals surface area contributed by atoms with Crippen LogP contribution < -0.4 is 14.8 Å². The SMILES string of the molecule is Fc1cc(F)cc(NCc2ccc3c(c2)OCCCO3)c1. The summed E-state index contributed by atoms with van der Waals surface area (Å²) in [6.45, 7) is 1.71. The lowest BCUT2D eigenvalue weighted by molar-refractivity contribution is 0.297. The Morgan fingerprint density at radius 1 is 0.905 bits per heavy atom. The molecule has 1 N–H and O–H groups in total. The third kappa shape index (κ3) is 3.42. The van der Waals surface area contributed by atoms with Gasteiger partial charge in [-0.3, -0.25) is 0 Å². The van der Waals surface area contributed by atoms with Gasteiger partial charge in [-0.15, -0.1) is 0 Å². The van der Waals surface area contributed by atoms with E-state index in [0.717, 1.165) is 23.8 Å². The van der Waals surface area contributed by atoms with Crippen molar-refractivity contribution < 1.29 is 18.3 Å². The van der Waals surface area contributed by atoms with Crippen molar-refractivity contribution in [3.8, 4) is 11.5 Å². The second-order valence-electron chi connectivity index (χ2n) is 4.84. The van der Waals surface area contributed by atoms with Gasteiger partial charge in [0.25, 0.3) is 0 Å². The van der Waals surface area contributed by atoms with Crippen molar-refractivity contribution in [2.24, 2.45) is 0 Å². The van der Waals surface area contributed by atoms with Crippen molar-refractivity contribution in [1.29, 1.82) is 0 Å². The minimum Gasteiger partial charge on any atom is -0.490 e. The normalized spacial score (nSPS) is 13.6. The van der Waals surface area contributed by atoms with Crippen LogP contribution in [0, 0.1) is 11.6 Å². The Morgan fingerprint density at radius 3 is 2.38 bits per heavy atom. The molecule has 1 aliphatic heterocycles. The molecule has 0 bridgehead atoms. The van der Waals surface area contributed by atoms with Crippen molar-refractivity contribution in [3.05, 3.63) is 53.6 Å². The first kappa shape index (κ1) is 13.7. The molecule has 110 valence electrons. The summed E-state index contributed by atoms with van der Waals surface area (Å²) in [5.74, 6) is 0.234. The lowest BCUT2D eigenvalue weighted by Crippen LogP contribution is -2.01. The molecule has 0 radical (unpaired) electrons. The molecule has 3 rings (SSSR count). The van der Waals surface area contributed by atoms with E-state index in [9.17, 15) is 8.78 Å². The fraction of sp³-hybridized carbons (Fsp3) is 0.250. The van der Waals surface area contributed by atoms with E-state index in [0.29, 0.717) is 31.2 Å². The summed E-state index contributed by atoms with van der Waals surface area (Å²) < 4.78 is 37.4. The lowest BCUT2D eigenvalue weighted by Gasteiger charge is -2.11. The van der Waals surface area contributed by atoms with Crippen molar-refractivity contribution in [2.45, 2.75) is 13.0 Å². The molecule has 0 unspecified atom stereocenters. The zero-order valence-electron chi connectivity index (χ0n) is 11.4. The fourth-order valence-corrected chi connectivity index (χ4v) is 2.18. The molecule has 1 aliphatic rings. The predicted octanol–water partition coefficient (Wildman–Crippen LogP) is 3.74. The van der Waals surface area contributed by atoms with Gasteiger partial charge in [-0.05, 0) is 29.8 Å². The summed E-state index contributed by atoms with van der Waals surface area (Å²) in [5.41, 5.74) is 1.35. The minimum absolute atomic E-state index is 0.402. The Hall–Kier alpha value is -2.30. The van der Waals surface area contributed by atoms with Gasteiger partial charge in [-0.2, -0.15) is 0 Å². The van der Waals surface area contributed by atoms with E-state index in [1.807, 2.05) is 18.2 Å². The molecule has 0 aromatic heterocycles. The molecule has 1 heterocycles. The Kier molecular flexibility index (Phi) is 3.90. The van der Waals surface area contributed by atoms with E-state index < -0.39 is 11.6 Å². The van der Waals surface area contributed by atoms with Gasteiger partial charge in [0.05, 0.1) is 13.2 Å². The maximum atomic E-state index is 13.1. The summed E-state index contributed by atoms with van der Waals surface area (Å²) in [6, 6.07) is 8.99. The highest BCUT2D eigenvalue weighted by Gasteiger charge is 2.10. The number of hydrogen-bond donors (Lipinski definition) is 1. The van der Waals surface area contributed by atoms with Gasteiger partial charge in [0.1, 0.15) is 11.6 Å². The van der Waals surface area contributed by atoms with Crippen LogP contribution >= 0.6 is 0 Å². The number of anilines is 1. The number of benzene rings is 2. The molecule has 0 saturated heterocycles. The molecule has 0 saturated carbocycles. The highest BCUT2D eigenvalue weighted by molar-refractivity contribution is 5.47. The third-order valence-electron chi connectivity index (χ3n) is 3.17. The van der Waals surface area contributed by atoms with Crippen molar-refractivity contribution in [2.75, 3.05) is 18.5 Å². The van der Waals surface area contributed by atoms with E-state index >= 15 is 0 Å². The number of nitrogens with one attached hydrogen (secondary N) is 1. The molecule has 5 heteroatoms. The summed E-state index contributed by atoms with van der Waals surface area (Å²) >= 11 is 0. The maximum absolute atomic E-state index is 13.1. The molecule has 0 amide bonds. The number of halogens is 2. The average Bonchev–Trinajstić information content (AvgIpc) is 2.68. The largest absolute Gasteiger partial charge is 0.490 e. The van der Waals surface area contributed by atoms with Crippen LogP contribution in [0.15, 0.2) is 36.4 Å². The van der Waals surface area contributed by atoms with Crippen LogP contribution in [0.3, 0.4) is 0 Å². The molecule has 0 aliphatic carbocycles. The molecular weight excluding hydrogens is 276 g/mol. The highest BCUT2D eigenvalue weighted by atomic mass is 19.1. The molecule has 0 spiro atoms. The van der Waals surface area contributed by atoms with Crippen LogP contribution in [-0.4, -0.2) is 13.2 Å². The summed E-state index contributed by atoms with van der Waals surface area (Å²) in [7, 11) is 0. The Balaban J connectivity index is 1.71. The van der Waals surface area contributed by atoms with Crippen LogP contribution in [0.25, 0.3) is 0 Å². The zero-order chi connectivity index (χ0) is 14.7. The van der Waals surface area contributed by atoms with Crippen molar-refractivity contribution in [1.82, 2.24) is 0 Å². The van der Waals surface area contributed by atoms with Crippen LogP contribution in [0.5, 0.6) is 11.5 Å². The van der Waals surface area contributed by atoms with Gasteiger partial charge in [0, 0.05) is 24.7 Å². The first-order valence-electron chi connectivity index (χ1n) is 6.79.